The third-order valence-corrected chi connectivity index (χ3v) is 23.3. The summed E-state index contributed by atoms with van der Waals surface area (Å²) in [5.74, 6) is 14.3. The fraction of sp³-hybridized carbons (Fsp3) is 0.871. The molecule has 0 saturated heterocycles. The average Bonchev–Trinajstić information content (AvgIpc) is 3.81. The Morgan fingerprint density at radius 3 is 1.48 bits per heavy atom. The third-order valence-electron chi connectivity index (χ3n) is 23.3. The number of hydrogen-bond acceptors (Lipinski definition) is 2. The van der Waals surface area contributed by atoms with Gasteiger partial charge in [-0.05, 0) is 232 Å². The maximum absolute atomic E-state index is 6.94. The third kappa shape index (κ3) is 8.65. The smallest absolute Gasteiger partial charge is 0.128 e. The van der Waals surface area contributed by atoms with Crippen LogP contribution in [0.25, 0.3) is 6.08 Å². The minimum atomic E-state index is 0.266. The zero-order chi connectivity index (χ0) is 45.2. The van der Waals surface area contributed by atoms with E-state index in [0.717, 1.165) is 106 Å². The lowest BCUT2D eigenvalue weighted by atomic mass is 9.44. The van der Waals surface area contributed by atoms with Crippen LogP contribution in [0.2, 0.25) is 0 Å². The molecule has 0 heterocycles. The van der Waals surface area contributed by atoms with Gasteiger partial charge in [0.15, 0.2) is 0 Å². The molecule has 0 N–H and O–H groups in total. The van der Waals surface area contributed by atoms with Crippen LogP contribution in [0.4, 0.5) is 0 Å². The summed E-state index contributed by atoms with van der Waals surface area (Å²) < 4.78 is 13.8. The van der Waals surface area contributed by atoms with E-state index in [1.54, 1.807) is 6.08 Å². The average molecular weight is 875 g/mol. The van der Waals surface area contributed by atoms with Gasteiger partial charge in [0, 0.05) is 11.6 Å². The van der Waals surface area contributed by atoms with E-state index in [4.69, 9.17) is 16.1 Å². The molecular weight excluding hydrogens is 777 g/mol. The summed E-state index contributed by atoms with van der Waals surface area (Å²) in [5, 5.41) is 0. The number of hydrogen-bond donors (Lipinski definition) is 0. The Hall–Kier alpha value is -1.44. The van der Waals surface area contributed by atoms with E-state index in [2.05, 4.69) is 87.4 Å². The lowest BCUT2D eigenvalue weighted by Crippen LogP contribution is -2.54. The Morgan fingerprint density at radius 2 is 1.02 bits per heavy atom. The maximum atomic E-state index is 6.94. The molecular formula is C62H98O2. The highest BCUT2D eigenvalue weighted by molar-refractivity contribution is 5.57. The second-order valence-electron chi connectivity index (χ2n) is 27.2. The van der Waals surface area contributed by atoms with E-state index >= 15 is 0 Å². The van der Waals surface area contributed by atoms with Gasteiger partial charge in [-0.3, -0.25) is 0 Å². The highest BCUT2D eigenvalue weighted by Crippen LogP contribution is 2.70. The van der Waals surface area contributed by atoms with Gasteiger partial charge in [-0.1, -0.05) is 120 Å². The lowest BCUT2D eigenvalue weighted by molar-refractivity contribution is -0.127. The van der Waals surface area contributed by atoms with Crippen molar-refractivity contribution in [1.82, 2.24) is 0 Å². The van der Waals surface area contributed by atoms with E-state index in [1.807, 2.05) is 0 Å². The van der Waals surface area contributed by atoms with Gasteiger partial charge >= 0.3 is 0 Å². The van der Waals surface area contributed by atoms with Crippen molar-refractivity contribution >= 4 is 6.08 Å². The summed E-state index contributed by atoms with van der Waals surface area (Å²) in [6.07, 6.45) is 35.8. The van der Waals surface area contributed by atoms with Crippen molar-refractivity contribution in [1.29, 1.82) is 0 Å². The second kappa shape index (κ2) is 18.8. The van der Waals surface area contributed by atoms with Gasteiger partial charge in [-0.15, -0.1) is 0 Å². The molecule has 8 aliphatic carbocycles. The van der Waals surface area contributed by atoms with E-state index in [9.17, 15) is 0 Å². The SMILES string of the molecule is [CH]=Cc1cc(OC2CC[C@@]3(C)C(CCC4C3CC[C@@]3(C)C4CC[C@@H]3[C@H](C)CCCC(C)C)C2)[c]cc1OC1CC[C@@]2(C)C(CCC3C2CC[C@@]2(C)C3CC[C@@H]2[C@H](C)CCCC(C)C)C1. The number of fused-ring (bicyclic) bond motifs is 10. The first-order chi connectivity index (χ1) is 30.6. The molecule has 10 unspecified atom stereocenters. The second-order valence-corrected chi connectivity index (χ2v) is 27.2. The topological polar surface area (TPSA) is 18.5 Å². The summed E-state index contributed by atoms with van der Waals surface area (Å²) in [6.45, 7) is 32.1. The molecule has 9 rings (SSSR count). The molecule has 0 bridgehead atoms. The first-order valence-electron chi connectivity index (χ1n) is 28.5. The Morgan fingerprint density at radius 1 is 0.562 bits per heavy atom. The molecule has 0 spiro atoms. The predicted molar refractivity (Wildman–Crippen MR) is 269 cm³/mol. The van der Waals surface area contributed by atoms with Crippen LogP contribution in [-0.2, 0) is 0 Å². The molecule has 0 aromatic heterocycles. The quantitative estimate of drug-likeness (QED) is 0.175. The van der Waals surface area contributed by atoms with Crippen LogP contribution in [0.5, 0.6) is 11.5 Å². The summed E-state index contributed by atoms with van der Waals surface area (Å²) in [4.78, 5) is 0. The fourth-order valence-electron chi connectivity index (χ4n) is 19.8. The maximum Gasteiger partial charge on any atom is 0.128 e. The van der Waals surface area contributed by atoms with Crippen LogP contribution >= 0.6 is 0 Å². The highest BCUT2D eigenvalue weighted by atomic mass is 16.5. The largest absolute Gasteiger partial charge is 0.490 e. The van der Waals surface area contributed by atoms with Gasteiger partial charge in [0.1, 0.15) is 11.5 Å². The zero-order valence-electron chi connectivity index (χ0n) is 43.3. The van der Waals surface area contributed by atoms with Gasteiger partial charge in [-0.2, -0.15) is 0 Å². The van der Waals surface area contributed by atoms with E-state index in [-0.39, 0.29) is 12.2 Å². The molecule has 358 valence electrons. The lowest BCUT2D eigenvalue weighted by Gasteiger charge is -2.61. The van der Waals surface area contributed by atoms with E-state index in [0.29, 0.717) is 21.7 Å². The normalized spacial score (nSPS) is 44.8. The van der Waals surface area contributed by atoms with Crippen LogP contribution in [0.15, 0.2) is 12.1 Å². The minimum Gasteiger partial charge on any atom is -0.490 e. The predicted octanol–water partition coefficient (Wildman–Crippen LogP) is 17.7. The Labute approximate surface area is 395 Å². The molecule has 18 atom stereocenters. The van der Waals surface area contributed by atoms with Gasteiger partial charge in [0.25, 0.3) is 0 Å². The Kier molecular flexibility index (Phi) is 14.0. The van der Waals surface area contributed by atoms with Crippen LogP contribution < -0.4 is 9.47 Å². The molecule has 64 heavy (non-hydrogen) atoms. The van der Waals surface area contributed by atoms with Crippen molar-refractivity contribution in [3.05, 3.63) is 30.3 Å². The summed E-state index contributed by atoms with van der Waals surface area (Å²) in [6, 6.07) is 7.77. The molecule has 1 aromatic rings. The van der Waals surface area contributed by atoms with E-state index in [1.165, 1.54) is 148 Å². The van der Waals surface area contributed by atoms with Crippen LogP contribution in [0.1, 0.15) is 229 Å². The van der Waals surface area contributed by atoms with Crippen molar-refractivity contribution in [3.63, 3.8) is 0 Å². The molecule has 0 aliphatic heterocycles. The molecule has 8 fully saturated rings. The molecule has 2 nitrogen and oxygen atoms in total. The van der Waals surface area contributed by atoms with Crippen molar-refractivity contribution in [2.45, 2.75) is 236 Å². The molecule has 8 aliphatic rings. The van der Waals surface area contributed by atoms with Crippen LogP contribution in [0, 0.1) is 117 Å². The van der Waals surface area contributed by atoms with Crippen molar-refractivity contribution in [2.24, 2.45) is 105 Å². The number of benzene rings is 1. The number of ether oxygens (including phenoxy) is 2. The molecule has 1 aromatic carbocycles. The highest BCUT2D eigenvalue weighted by Gasteiger charge is 2.62. The Bertz CT molecular complexity index is 1740. The van der Waals surface area contributed by atoms with Gasteiger partial charge in [0.2, 0.25) is 0 Å². The van der Waals surface area contributed by atoms with Gasteiger partial charge in [0.05, 0.1) is 12.2 Å². The first kappa shape index (κ1) is 47.6. The minimum absolute atomic E-state index is 0.266. The summed E-state index contributed by atoms with van der Waals surface area (Å²) >= 11 is 0. The fourth-order valence-corrected chi connectivity index (χ4v) is 19.8. The zero-order valence-corrected chi connectivity index (χ0v) is 43.3. The van der Waals surface area contributed by atoms with Gasteiger partial charge in [-0.25, -0.2) is 0 Å². The monoisotopic (exact) mass is 875 g/mol. The van der Waals surface area contributed by atoms with Crippen molar-refractivity contribution in [2.75, 3.05) is 0 Å². The standard InChI is InChI=1S/C62H98O2/c1-12-44-37-47(63-48-29-33-59(8)45(38-48)19-22-50-54-26-24-52(42(6)17-13-15-40(2)3)61(54,10)35-31-56(50)59)21-28-58(44)64-49-30-34-60(9)46(39-49)20-23-51-55-27-25-53(43(7)18-14-16-41(4)5)62(55,11)36-32-57(51)60/h1,12,28,37,40-43,45-46,48-57H,13-20,22-27,29-36,38-39H2,2-11H3/t42-,43-,45?,46?,48?,49?,50?,51?,52-,53-,54?,55?,56?,57?,59+,60+,61-,62-/m1/s1. The van der Waals surface area contributed by atoms with Crippen LogP contribution in [0.3, 0.4) is 0 Å². The molecule has 2 heteroatoms. The first-order valence-corrected chi connectivity index (χ1v) is 28.5. The van der Waals surface area contributed by atoms with E-state index < -0.39 is 0 Å². The molecule has 2 radical (unpaired) electrons. The van der Waals surface area contributed by atoms with Crippen molar-refractivity contribution in [3.8, 4) is 11.5 Å². The number of rotatable bonds is 15. The van der Waals surface area contributed by atoms with Crippen molar-refractivity contribution < 1.29 is 9.47 Å². The van der Waals surface area contributed by atoms with Crippen LogP contribution in [-0.4, -0.2) is 12.2 Å². The molecule has 0 amide bonds. The Balaban J connectivity index is 0.774. The summed E-state index contributed by atoms with van der Waals surface area (Å²) in [5.41, 5.74) is 3.06. The van der Waals surface area contributed by atoms with Gasteiger partial charge < -0.3 is 9.47 Å². The molecule has 8 saturated carbocycles. The summed E-state index contributed by atoms with van der Waals surface area (Å²) in [7, 11) is 0.